The molecule has 2 aromatic rings. The molecule has 0 nitrogen and oxygen atoms in total. The van der Waals surface area contributed by atoms with E-state index in [0.29, 0.717) is 0 Å². The van der Waals surface area contributed by atoms with Crippen LogP contribution in [-0.2, 0) is 34.6 Å². The number of hydrogen-bond donors (Lipinski definition) is 0. The Kier molecular flexibility index (Phi) is 10.1. The summed E-state index contributed by atoms with van der Waals surface area (Å²) in [5.41, 5.74) is 10.9. The summed E-state index contributed by atoms with van der Waals surface area (Å²) >= 11 is -2.38. The van der Waals surface area contributed by atoms with E-state index in [1.807, 2.05) is 9.84 Å². The zero-order valence-electron chi connectivity index (χ0n) is 22.7. The van der Waals surface area contributed by atoms with E-state index in [2.05, 4.69) is 120 Å². The maximum atomic E-state index is 2.50. The minimum absolute atomic E-state index is 0. The van der Waals surface area contributed by atoms with E-state index < -0.39 is 21.8 Å². The molecular formula is C34H39Cl2Zr. The molecule has 5 rings (SSSR count). The molecule has 0 N–H and O–H groups in total. The van der Waals surface area contributed by atoms with Gasteiger partial charge in [0.25, 0.3) is 0 Å². The van der Waals surface area contributed by atoms with Crippen molar-refractivity contribution in [2.75, 3.05) is 0 Å². The third kappa shape index (κ3) is 5.85. The second kappa shape index (κ2) is 12.5. The van der Waals surface area contributed by atoms with Crippen LogP contribution in [0.5, 0.6) is 0 Å². The smallest absolute Gasteiger partial charge is 0.147 e. The molecule has 0 aromatic heterocycles. The summed E-state index contributed by atoms with van der Waals surface area (Å²) in [4.78, 5) is 0. The van der Waals surface area contributed by atoms with Crippen molar-refractivity contribution in [3.8, 4) is 0 Å². The Morgan fingerprint density at radius 2 is 1.08 bits per heavy atom. The first kappa shape index (κ1) is 29.9. The van der Waals surface area contributed by atoms with Crippen LogP contribution < -0.4 is 0 Å². The van der Waals surface area contributed by atoms with Crippen molar-refractivity contribution >= 4 is 24.8 Å². The van der Waals surface area contributed by atoms with Gasteiger partial charge in [-0.3, -0.25) is 0 Å². The predicted molar refractivity (Wildman–Crippen MR) is 161 cm³/mol. The molecule has 0 fully saturated rings. The molecule has 3 aliphatic carbocycles. The molecule has 0 saturated carbocycles. The zero-order chi connectivity index (χ0) is 24.6. The zero-order valence-corrected chi connectivity index (χ0v) is 26.8. The van der Waals surface area contributed by atoms with Gasteiger partial charge in [-0.2, -0.15) is 0 Å². The van der Waals surface area contributed by atoms with Gasteiger partial charge in [-0.15, -0.1) is 24.8 Å². The first-order chi connectivity index (χ1) is 16.9. The summed E-state index contributed by atoms with van der Waals surface area (Å²) in [7, 11) is 0. The number of hydrogen-bond acceptors (Lipinski definition) is 0. The summed E-state index contributed by atoms with van der Waals surface area (Å²) < 4.78 is 5.44. The van der Waals surface area contributed by atoms with Gasteiger partial charge in [0.1, 0.15) is 0 Å². The minimum Gasteiger partial charge on any atom is -0.147 e. The molecule has 0 atom stereocenters. The third-order valence-electron chi connectivity index (χ3n) is 8.45. The molecule has 0 amide bonds. The van der Waals surface area contributed by atoms with Crippen molar-refractivity contribution in [1.29, 1.82) is 0 Å². The molecule has 0 aliphatic heterocycles. The van der Waals surface area contributed by atoms with Crippen molar-refractivity contribution in [3.05, 3.63) is 134 Å². The Balaban J connectivity index is 0.00000190. The molecule has 37 heavy (non-hydrogen) atoms. The molecule has 0 unspecified atom stereocenters. The second-order valence-corrected chi connectivity index (χ2v) is 16.8. The van der Waals surface area contributed by atoms with Gasteiger partial charge in [-0.25, -0.2) is 0 Å². The van der Waals surface area contributed by atoms with Gasteiger partial charge in [-0.05, 0) is 0 Å². The van der Waals surface area contributed by atoms with E-state index in [1.165, 1.54) is 16.7 Å². The molecular weight excluding hydrogens is 571 g/mol. The van der Waals surface area contributed by atoms with Gasteiger partial charge in [0.05, 0.1) is 0 Å². The number of rotatable bonds is 7. The van der Waals surface area contributed by atoms with Crippen LogP contribution in [0.1, 0.15) is 58.6 Å². The Labute approximate surface area is 244 Å². The van der Waals surface area contributed by atoms with Gasteiger partial charge in [-0.1, -0.05) is 0 Å². The monoisotopic (exact) mass is 607 g/mol. The van der Waals surface area contributed by atoms with Crippen molar-refractivity contribution in [1.82, 2.24) is 0 Å². The number of allylic oxidation sites excluding steroid dienone is 12. The normalized spacial score (nSPS) is 18.1. The molecule has 2 aromatic carbocycles. The largest absolute Gasteiger partial charge is 0.147 e. The Bertz CT molecular complexity index is 1240. The fourth-order valence-corrected chi connectivity index (χ4v) is 15.9. The van der Waals surface area contributed by atoms with Gasteiger partial charge < -0.3 is 0 Å². The summed E-state index contributed by atoms with van der Waals surface area (Å²) in [5, 5.41) is 0. The van der Waals surface area contributed by atoms with Gasteiger partial charge in [0.2, 0.25) is 0 Å². The van der Waals surface area contributed by atoms with E-state index in [4.69, 9.17) is 0 Å². The summed E-state index contributed by atoms with van der Waals surface area (Å²) in [6.07, 6.45) is 14.2. The summed E-state index contributed by atoms with van der Waals surface area (Å²) in [6.45, 7) is 12.2. The fraction of sp³-hybridized carbons (Fsp3) is 0.294. The van der Waals surface area contributed by atoms with Crippen LogP contribution in [0, 0.1) is 5.41 Å². The average molecular weight is 610 g/mol. The van der Waals surface area contributed by atoms with Crippen LogP contribution >= 0.6 is 24.8 Å². The van der Waals surface area contributed by atoms with Crippen LogP contribution in [0.15, 0.2) is 123 Å². The number of benzene rings is 2. The Hall–Kier alpha value is -1.66. The van der Waals surface area contributed by atoms with Crippen molar-refractivity contribution in [2.45, 2.75) is 60.3 Å². The van der Waals surface area contributed by atoms with E-state index in [-0.39, 0.29) is 30.2 Å². The molecule has 0 radical (unpaired) electrons. The fourth-order valence-electron chi connectivity index (χ4n) is 6.17. The van der Waals surface area contributed by atoms with Gasteiger partial charge in [0.15, 0.2) is 0 Å². The maximum Gasteiger partial charge on any atom is -0.147 e. The van der Waals surface area contributed by atoms with Crippen LogP contribution in [0.3, 0.4) is 0 Å². The van der Waals surface area contributed by atoms with Crippen molar-refractivity contribution < 1.29 is 21.8 Å². The van der Waals surface area contributed by atoms with Crippen LogP contribution in [-0.4, -0.2) is 0 Å². The quantitative estimate of drug-likeness (QED) is 0.293. The molecule has 3 aliphatic rings. The third-order valence-corrected chi connectivity index (χ3v) is 17.7. The summed E-state index contributed by atoms with van der Waals surface area (Å²) in [5.74, 6) is 0. The molecule has 0 saturated heterocycles. The van der Waals surface area contributed by atoms with Gasteiger partial charge >= 0.3 is 221 Å². The van der Waals surface area contributed by atoms with E-state index in [9.17, 15) is 0 Å². The molecule has 0 bridgehead atoms. The van der Waals surface area contributed by atoms with Crippen molar-refractivity contribution in [2.24, 2.45) is 5.41 Å². The topological polar surface area (TPSA) is 0 Å². The SMILES string of the molecule is CC1=C(C)C(C)(C)[C]([Zr]([C]2=C(Cc3ccccc3)C=CC2)[C]2=C(Cc3ccccc3)C=CC2)=C1C.Cl.Cl. The Morgan fingerprint density at radius 3 is 1.46 bits per heavy atom. The van der Waals surface area contributed by atoms with E-state index >= 15 is 0 Å². The molecule has 193 valence electrons. The molecule has 0 spiro atoms. The van der Waals surface area contributed by atoms with E-state index in [0.717, 1.165) is 25.7 Å². The second-order valence-electron chi connectivity index (χ2n) is 10.8. The Morgan fingerprint density at radius 1 is 0.649 bits per heavy atom. The number of halogens is 2. The maximum absolute atomic E-state index is 2.50. The standard InChI is InChI=1S/2C12H11.C10H15.2ClH.Zr/c2*1-2-6-11(7-3-1)10-12-8-4-5-9-12;1-7-6-10(4,5)9(3)8(7)2;;;/h2*1-4,6-8H,5,10H2;1-5H3;2*1H;. The van der Waals surface area contributed by atoms with Crippen LogP contribution in [0.4, 0.5) is 0 Å². The van der Waals surface area contributed by atoms with Crippen LogP contribution in [0.25, 0.3) is 0 Å². The van der Waals surface area contributed by atoms with E-state index in [1.54, 1.807) is 22.3 Å². The average Bonchev–Trinajstić information content (AvgIpc) is 3.54. The van der Waals surface area contributed by atoms with Gasteiger partial charge in [0, 0.05) is 0 Å². The predicted octanol–water partition coefficient (Wildman–Crippen LogP) is 10.0. The molecule has 0 heterocycles. The first-order valence-corrected chi connectivity index (χ1v) is 16.7. The minimum atomic E-state index is -2.38. The van der Waals surface area contributed by atoms with Crippen molar-refractivity contribution in [3.63, 3.8) is 0 Å². The molecule has 3 heteroatoms. The van der Waals surface area contributed by atoms with Crippen LogP contribution in [0.2, 0.25) is 0 Å². The summed E-state index contributed by atoms with van der Waals surface area (Å²) in [6, 6.07) is 22.1. The first-order valence-electron chi connectivity index (χ1n) is 13.0.